The van der Waals surface area contributed by atoms with Crippen molar-refractivity contribution < 1.29 is 13.2 Å². The Balaban J connectivity index is 2.05. The fourth-order valence-corrected chi connectivity index (χ4v) is 2.92. The van der Waals surface area contributed by atoms with Crippen molar-refractivity contribution >= 4 is 21.7 Å². The van der Waals surface area contributed by atoms with Crippen LogP contribution in [0.2, 0.25) is 0 Å². The van der Waals surface area contributed by atoms with E-state index in [9.17, 15) is 13.2 Å². The molecule has 2 amide bonds. The normalized spacial score (nSPS) is 11.8. The van der Waals surface area contributed by atoms with Crippen LogP contribution in [0, 0.1) is 0 Å². The first-order chi connectivity index (χ1) is 10.7. The summed E-state index contributed by atoms with van der Waals surface area (Å²) in [5.41, 5.74) is 1.66. The van der Waals surface area contributed by atoms with Gasteiger partial charge in [0.1, 0.15) is 0 Å². The Hall–Kier alpha value is -2.34. The van der Waals surface area contributed by atoms with Crippen molar-refractivity contribution in [2.75, 3.05) is 5.32 Å². The Morgan fingerprint density at radius 2 is 1.48 bits per heavy atom. The molecule has 6 heteroatoms. The lowest BCUT2D eigenvalue weighted by Crippen LogP contribution is -2.34. The average Bonchev–Trinajstić information content (AvgIpc) is 2.47. The SMILES string of the molecule is CC(C)(C)c1ccc(NC(=O)NS(=O)(=O)c2ccccc2)cc1. The quantitative estimate of drug-likeness (QED) is 0.903. The third-order valence-corrected chi connectivity index (χ3v) is 4.64. The minimum absolute atomic E-state index is 0.0113. The molecule has 2 N–H and O–H groups in total. The molecule has 0 unspecified atom stereocenters. The van der Waals surface area contributed by atoms with E-state index in [1.807, 2.05) is 16.9 Å². The summed E-state index contributed by atoms with van der Waals surface area (Å²) in [6.45, 7) is 6.28. The van der Waals surface area contributed by atoms with Crippen molar-refractivity contribution in [3.63, 3.8) is 0 Å². The lowest BCUT2D eigenvalue weighted by atomic mass is 9.87. The zero-order chi connectivity index (χ0) is 17.1. The zero-order valence-electron chi connectivity index (χ0n) is 13.3. The third kappa shape index (κ3) is 4.56. The number of sulfonamides is 1. The van der Waals surface area contributed by atoms with Crippen LogP contribution in [0.5, 0.6) is 0 Å². The summed E-state index contributed by atoms with van der Waals surface area (Å²) >= 11 is 0. The summed E-state index contributed by atoms with van der Waals surface area (Å²) in [4.78, 5) is 11.9. The highest BCUT2D eigenvalue weighted by Gasteiger charge is 2.17. The van der Waals surface area contributed by atoms with Crippen molar-refractivity contribution in [3.8, 4) is 0 Å². The van der Waals surface area contributed by atoms with Gasteiger partial charge in [0.25, 0.3) is 10.0 Å². The predicted molar refractivity (Wildman–Crippen MR) is 90.9 cm³/mol. The largest absolute Gasteiger partial charge is 0.333 e. The lowest BCUT2D eigenvalue weighted by Gasteiger charge is -2.19. The molecule has 0 fully saturated rings. The maximum absolute atomic E-state index is 12.0. The van der Waals surface area contributed by atoms with Gasteiger partial charge in [-0.2, -0.15) is 0 Å². The van der Waals surface area contributed by atoms with E-state index in [-0.39, 0.29) is 10.3 Å². The topological polar surface area (TPSA) is 75.3 Å². The van der Waals surface area contributed by atoms with Gasteiger partial charge in [-0.15, -0.1) is 0 Å². The number of carbonyl (C=O) groups excluding carboxylic acids is 1. The van der Waals surface area contributed by atoms with Crippen LogP contribution in [0.25, 0.3) is 0 Å². The predicted octanol–water partition coefficient (Wildman–Crippen LogP) is 3.49. The highest BCUT2D eigenvalue weighted by Crippen LogP contribution is 2.23. The number of hydrogen-bond donors (Lipinski definition) is 2. The van der Waals surface area contributed by atoms with E-state index in [0.717, 1.165) is 5.56 Å². The molecule has 0 spiro atoms. The van der Waals surface area contributed by atoms with Crippen LogP contribution in [0.4, 0.5) is 10.5 Å². The van der Waals surface area contributed by atoms with E-state index in [0.29, 0.717) is 5.69 Å². The summed E-state index contributed by atoms with van der Waals surface area (Å²) in [7, 11) is -3.87. The van der Waals surface area contributed by atoms with Crippen LogP contribution in [-0.2, 0) is 15.4 Å². The lowest BCUT2D eigenvalue weighted by molar-refractivity contribution is 0.256. The second kappa shape index (κ2) is 6.42. The van der Waals surface area contributed by atoms with Crippen LogP contribution in [0.3, 0.4) is 0 Å². The Labute approximate surface area is 136 Å². The summed E-state index contributed by atoms with van der Waals surface area (Å²) in [6, 6.07) is 14.2. The Morgan fingerprint density at radius 3 is 2.00 bits per heavy atom. The van der Waals surface area contributed by atoms with E-state index < -0.39 is 16.1 Å². The average molecular weight is 332 g/mol. The summed E-state index contributed by atoms with van der Waals surface area (Å²) in [5, 5.41) is 2.52. The molecule has 122 valence electrons. The first-order valence-corrected chi connectivity index (χ1v) is 8.66. The molecule has 2 aromatic carbocycles. The standard InChI is InChI=1S/C17H20N2O3S/c1-17(2,3)13-9-11-14(12-10-13)18-16(20)19-23(21,22)15-7-5-4-6-8-15/h4-12H,1-3H3,(H2,18,19,20). The molecule has 0 aliphatic carbocycles. The molecular weight excluding hydrogens is 312 g/mol. The van der Waals surface area contributed by atoms with Gasteiger partial charge in [0, 0.05) is 5.69 Å². The highest BCUT2D eigenvalue weighted by atomic mass is 32.2. The van der Waals surface area contributed by atoms with Gasteiger partial charge in [-0.3, -0.25) is 0 Å². The van der Waals surface area contributed by atoms with Crippen molar-refractivity contribution in [3.05, 3.63) is 60.2 Å². The number of urea groups is 1. The number of amides is 2. The van der Waals surface area contributed by atoms with Crippen molar-refractivity contribution in [2.45, 2.75) is 31.1 Å². The smallest absolute Gasteiger partial charge is 0.307 e. The maximum atomic E-state index is 12.0. The van der Waals surface area contributed by atoms with Gasteiger partial charge in [-0.25, -0.2) is 17.9 Å². The molecule has 2 aromatic rings. The van der Waals surface area contributed by atoms with Crippen LogP contribution >= 0.6 is 0 Å². The van der Waals surface area contributed by atoms with Crippen LogP contribution in [0.1, 0.15) is 26.3 Å². The highest BCUT2D eigenvalue weighted by molar-refractivity contribution is 7.90. The molecule has 0 saturated heterocycles. The van der Waals surface area contributed by atoms with Crippen molar-refractivity contribution in [2.24, 2.45) is 0 Å². The maximum Gasteiger partial charge on any atom is 0.333 e. The van der Waals surface area contributed by atoms with E-state index in [2.05, 4.69) is 26.1 Å². The Morgan fingerprint density at radius 1 is 0.913 bits per heavy atom. The monoisotopic (exact) mass is 332 g/mol. The molecule has 0 heterocycles. The fraction of sp³-hybridized carbons (Fsp3) is 0.235. The molecule has 0 saturated carbocycles. The van der Waals surface area contributed by atoms with Gasteiger partial charge in [-0.05, 0) is 35.2 Å². The van der Waals surface area contributed by atoms with E-state index >= 15 is 0 Å². The van der Waals surface area contributed by atoms with E-state index in [1.54, 1.807) is 30.3 Å². The molecule has 0 aliphatic heterocycles. The number of rotatable bonds is 3. The van der Waals surface area contributed by atoms with Gasteiger partial charge < -0.3 is 5.32 Å². The van der Waals surface area contributed by atoms with Gasteiger partial charge in [0.2, 0.25) is 0 Å². The van der Waals surface area contributed by atoms with E-state index in [4.69, 9.17) is 0 Å². The minimum Gasteiger partial charge on any atom is -0.307 e. The number of hydrogen-bond acceptors (Lipinski definition) is 3. The van der Waals surface area contributed by atoms with Crippen molar-refractivity contribution in [1.29, 1.82) is 0 Å². The minimum atomic E-state index is -3.87. The van der Waals surface area contributed by atoms with Gasteiger partial charge in [0.15, 0.2) is 0 Å². The Bertz CT molecular complexity index is 777. The molecule has 0 atom stereocenters. The molecule has 0 radical (unpaired) electrons. The third-order valence-electron chi connectivity index (χ3n) is 3.29. The van der Waals surface area contributed by atoms with Crippen LogP contribution < -0.4 is 10.0 Å². The number of carbonyl (C=O) groups is 1. The van der Waals surface area contributed by atoms with Crippen LogP contribution in [0.15, 0.2) is 59.5 Å². The molecule has 5 nitrogen and oxygen atoms in total. The van der Waals surface area contributed by atoms with Gasteiger partial charge in [-0.1, -0.05) is 51.1 Å². The molecule has 0 aromatic heterocycles. The van der Waals surface area contributed by atoms with Crippen LogP contribution in [-0.4, -0.2) is 14.4 Å². The Kier molecular flexibility index (Phi) is 4.75. The molecular formula is C17H20N2O3S. The first-order valence-electron chi connectivity index (χ1n) is 7.18. The zero-order valence-corrected chi connectivity index (χ0v) is 14.1. The van der Waals surface area contributed by atoms with Crippen molar-refractivity contribution in [1.82, 2.24) is 4.72 Å². The molecule has 2 rings (SSSR count). The second-order valence-corrected chi connectivity index (χ2v) is 7.88. The number of nitrogens with one attached hydrogen (secondary N) is 2. The molecule has 0 aliphatic rings. The van der Waals surface area contributed by atoms with Gasteiger partial charge in [0.05, 0.1) is 4.90 Å². The first kappa shape index (κ1) is 17.0. The summed E-state index contributed by atoms with van der Waals surface area (Å²) < 4.78 is 26.1. The fourth-order valence-electron chi connectivity index (χ4n) is 1.99. The second-order valence-electron chi connectivity index (χ2n) is 6.20. The van der Waals surface area contributed by atoms with Gasteiger partial charge >= 0.3 is 6.03 Å². The number of benzene rings is 2. The molecule has 0 bridgehead atoms. The molecule has 23 heavy (non-hydrogen) atoms. The summed E-state index contributed by atoms with van der Waals surface area (Å²) in [5.74, 6) is 0. The number of anilines is 1. The van der Waals surface area contributed by atoms with E-state index in [1.165, 1.54) is 12.1 Å². The summed E-state index contributed by atoms with van der Waals surface area (Å²) in [6.07, 6.45) is 0.